The number of benzene rings is 3. The molecule has 0 amide bonds. The van der Waals surface area contributed by atoms with Crippen molar-refractivity contribution in [1.82, 2.24) is 9.78 Å². The van der Waals surface area contributed by atoms with Crippen LogP contribution in [-0.2, 0) is 0 Å². The first-order chi connectivity index (χ1) is 13.8. The highest BCUT2D eigenvalue weighted by atomic mass is 35.5. The zero-order valence-corrected chi connectivity index (χ0v) is 18.4. The summed E-state index contributed by atoms with van der Waals surface area (Å²) in [5.41, 5.74) is 9.55. The Morgan fingerprint density at radius 1 is 0.655 bits per heavy atom. The first kappa shape index (κ1) is 19.8. The number of hydrogen-bond acceptors (Lipinski definition) is 1. The molecule has 0 radical (unpaired) electrons. The van der Waals surface area contributed by atoms with Crippen LogP contribution in [0.4, 0.5) is 0 Å². The van der Waals surface area contributed by atoms with Crippen LogP contribution in [0.1, 0.15) is 22.3 Å². The highest BCUT2D eigenvalue weighted by Crippen LogP contribution is 2.39. The molecule has 0 unspecified atom stereocenters. The molecule has 146 valence electrons. The van der Waals surface area contributed by atoms with Gasteiger partial charge in [0.05, 0.1) is 16.4 Å². The van der Waals surface area contributed by atoms with Crippen LogP contribution in [-0.4, -0.2) is 9.78 Å². The van der Waals surface area contributed by atoms with E-state index in [1.807, 2.05) is 28.9 Å². The zero-order valence-electron chi connectivity index (χ0n) is 16.9. The largest absolute Gasteiger partial charge is 0.231 e. The fourth-order valence-electron chi connectivity index (χ4n) is 3.38. The average Bonchev–Trinajstić information content (AvgIpc) is 3.04. The van der Waals surface area contributed by atoms with Crippen molar-refractivity contribution in [2.24, 2.45) is 0 Å². The van der Waals surface area contributed by atoms with Crippen molar-refractivity contribution in [3.63, 3.8) is 0 Å². The van der Waals surface area contributed by atoms with Gasteiger partial charge in [-0.05, 0) is 86.3 Å². The number of hydrogen-bond donors (Lipinski definition) is 0. The van der Waals surface area contributed by atoms with Crippen LogP contribution in [0.15, 0.2) is 60.7 Å². The van der Waals surface area contributed by atoms with Gasteiger partial charge in [0.15, 0.2) is 0 Å². The molecule has 1 heterocycles. The van der Waals surface area contributed by atoms with Crippen LogP contribution in [0.25, 0.3) is 28.2 Å². The Hall–Kier alpha value is -2.55. The zero-order chi connectivity index (χ0) is 20.7. The fraction of sp³-hybridized carbons (Fsp3) is 0.160. The lowest BCUT2D eigenvalue weighted by atomic mass is 10.0. The van der Waals surface area contributed by atoms with Crippen molar-refractivity contribution in [2.75, 3.05) is 0 Å². The van der Waals surface area contributed by atoms with E-state index < -0.39 is 0 Å². The topological polar surface area (TPSA) is 17.8 Å². The van der Waals surface area contributed by atoms with Crippen molar-refractivity contribution in [3.8, 4) is 28.2 Å². The normalized spacial score (nSPS) is 11.1. The van der Waals surface area contributed by atoms with Crippen LogP contribution in [0.3, 0.4) is 0 Å². The Morgan fingerprint density at radius 2 is 1.21 bits per heavy atom. The maximum Gasteiger partial charge on any atom is 0.112 e. The molecule has 0 N–H and O–H groups in total. The molecular weight excluding hydrogens is 399 g/mol. The summed E-state index contributed by atoms with van der Waals surface area (Å²) in [7, 11) is 0. The second-order valence-electron chi connectivity index (χ2n) is 7.50. The van der Waals surface area contributed by atoms with Gasteiger partial charge in [-0.25, -0.2) is 4.68 Å². The van der Waals surface area contributed by atoms with E-state index in [9.17, 15) is 0 Å². The molecule has 4 aromatic rings. The molecular formula is C25H22Cl2N2. The maximum atomic E-state index is 6.95. The molecule has 0 atom stereocenters. The van der Waals surface area contributed by atoms with Gasteiger partial charge in [0.2, 0.25) is 0 Å². The molecule has 0 aliphatic rings. The first-order valence-corrected chi connectivity index (χ1v) is 10.3. The molecule has 4 rings (SSSR count). The number of rotatable bonds is 3. The lowest BCUT2D eigenvalue weighted by Gasteiger charge is -2.10. The molecule has 3 aromatic carbocycles. The molecule has 0 saturated heterocycles. The minimum atomic E-state index is 0.645. The average molecular weight is 421 g/mol. The Labute approximate surface area is 181 Å². The van der Waals surface area contributed by atoms with Gasteiger partial charge in [-0.15, -0.1) is 0 Å². The van der Waals surface area contributed by atoms with Crippen LogP contribution < -0.4 is 0 Å². The predicted molar refractivity (Wildman–Crippen MR) is 123 cm³/mol. The standard InChI is InChI=1S/C25H22Cl2N2/c1-15-5-7-19(13-17(15)3)24-23(27)25(20-8-6-16(2)18(4)14-20)29(28-24)22-11-9-21(26)10-12-22/h5-14H,1-4H3. The minimum absolute atomic E-state index is 0.645. The van der Waals surface area contributed by atoms with Gasteiger partial charge < -0.3 is 0 Å². The summed E-state index contributed by atoms with van der Waals surface area (Å²) in [6.07, 6.45) is 0. The predicted octanol–water partition coefficient (Wildman–Crippen LogP) is 7.75. The van der Waals surface area contributed by atoms with E-state index in [4.69, 9.17) is 28.3 Å². The number of nitrogens with zero attached hydrogens (tertiary/aromatic N) is 2. The number of aryl methyl sites for hydroxylation is 4. The summed E-state index contributed by atoms with van der Waals surface area (Å²) in [5.74, 6) is 0. The smallest absolute Gasteiger partial charge is 0.112 e. The quantitative estimate of drug-likeness (QED) is 0.331. The molecule has 4 heteroatoms. The van der Waals surface area contributed by atoms with Crippen molar-refractivity contribution in [1.29, 1.82) is 0 Å². The number of halogens is 2. The van der Waals surface area contributed by atoms with E-state index in [2.05, 4.69) is 64.1 Å². The van der Waals surface area contributed by atoms with Crippen LogP contribution >= 0.6 is 23.2 Å². The van der Waals surface area contributed by atoms with Gasteiger partial charge in [0, 0.05) is 16.1 Å². The third-order valence-corrected chi connectivity index (χ3v) is 6.07. The first-order valence-electron chi connectivity index (χ1n) is 9.55. The lowest BCUT2D eigenvalue weighted by Crippen LogP contribution is -1.99. The maximum absolute atomic E-state index is 6.95. The molecule has 0 spiro atoms. The molecule has 29 heavy (non-hydrogen) atoms. The molecule has 0 saturated carbocycles. The fourth-order valence-corrected chi connectivity index (χ4v) is 3.84. The Morgan fingerprint density at radius 3 is 1.79 bits per heavy atom. The highest BCUT2D eigenvalue weighted by molar-refractivity contribution is 6.35. The summed E-state index contributed by atoms with van der Waals surface area (Å²) in [6.45, 7) is 8.43. The SMILES string of the molecule is Cc1ccc(-c2nn(-c3ccc(Cl)cc3)c(-c3ccc(C)c(C)c3)c2Cl)cc1C. The molecule has 2 nitrogen and oxygen atoms in total. The van der Waals surface area contributed by atoms with Crippen LogP contribution in [0, 0.1) is 27.7 Å². The Bertz CT molecular complexity index is 1200. The Kier molecular flexibility index (Phi) is 5.24. The van der Waals surface area contributed by atoms with Crippen molar-refractivity contribution in [3.05, 3.63) is 93.0 Å². The van der Waals surface area contributed by atoms with E-state index in [0.29, 0.717) is 10.0 Å². The van der Waals surface area contributed by atoms with E-state index in [-0.39, 0.29) is 0 Å². The summed E-state index contributed by atoms with van der Waals surface area (Å²) < 4.78 is 1.91. The van der Waals surface area contributed by atoms with Crippen molar-refractivity contribution >= 4 is 23.2 Å². The molecule has 0 aliphatic heterocycles. The van der Waals surface area contributed by atoms with Gasteiger partial charge in [0.1, 0.15) is 5.69 Å². The number of aromatic nitrogens is 2. The summed E-state index contributed by atoms with van der Waals surface area (Å²) in [5, 5.41) is 6.25. The van der Waals surface area contributed by atoms with E-state index >= 15 is 0 Å². The van der Waals surface area contributed by atoms with E-state index in [1.165, 1.54) is 22.3 Å². The second kappa shape index (κ2) is 7.70. The lowest BCUT2D eigenvalue weighted by molar-refractivity contribution is 0.891. The third kappa shape index (κ3) is 3.71. The van der Waals surface area contributed by atoms with Gasteiger partial charge >= 0.3 is 0 Å². The summed E-state index contributed by atoms with van der Waals surface area (Å²) >= 11 is 13.1. The minimum Gasteiger partial charge on any atom is -0.231 e. The van der Waals surface area contributed by atoms with Crippen molar-refractivity contribution in [2.45, 2.75) is 27.7 Å². The van der Waals surface area contributed by atoms with Crippen LogP contribution in [0.5, 0.6) is 0 Å². The second-order valence-corrected chi connectivity index (χ2v) is 8.31. The summed E-state index contributed by atoms with van der Waals surface area (Å²) in [6, 6.07) is 20.4. The molecule has 0 bridgehead atoms. The van der Waals surface area contributed by atoms with Gasteiger partial charge in [-0.1, -0.05) is 47.5 Å². The van der Waals surface area contributed by atoms with E-state index in [1.54, 1.807) is 0 Å². The van der Waals surface area contributed by atoms with Gasteiger partial charge in [-0.3, -0.25) is 0 Å². The van der Waals surface area contributed by atoms with E-state index in [0.717, 1.165) is 28.2 Å². The monoisotopic (exact) mass is 420 g/mol. The van der Waals surface area contributed by atoms with Gasteiger partial charge in [-0.2, -0.15) is 5.10 Å². The van der Waals surface area contributed by atoms with Crippen LogP contribution in [0.2, 0.25) is 10.0 Å². The molecule has 0 fully saturated rings. The van der Waals surface area contributed by atoms with Crippen molar-refractivity contribution < 1.29 is 0 Å². The highest BCUT2D eigenvalue weighted by Gasteiger charge is 2.21. The van der Waals surface area contributed by atoms with Gasteiger partial charge in [0.25, 0.3) is 0 Å². The molecule has 1 aromatic heterocycles. The molecule has 0 aliphatic carbocycles. The Balaban J connectivity index is 1.98. The summed E-state index contributed by atoms with van der Waals surface area (Å²) in [4.78, 5) is 0. The third-order valence-electron chi connectivity index (χ3n) is 5.46.